The van der Waals surface area contributed by atoms with Crippen LogP contribution in [0, 0.1) is 0 Å². The van der Waals surface area contributed by atoms with Crippen LogP contribution in [0.2, 0.25) is 5.02 Å². The Morgan fingerprint density at radius 2 is 1.72 bits per heavy atom. The van der Waals surface area contributed by atoms with Crippen molar-refractivity contribution < 1.29 is 9.53 Å². The summed E-state index contributed by atoms with van der Waals surface area (Å²) in [4.78, 5) is 15.4. The summed E-state index contributed by atoms with van der Waals surface area (Å²) in [5.74, 6) is 0.746. The van der Waals surface area contributed by atoms with E-state index >= 15 is 0 Å². The van der Waals surface area contributed by atoms with E-state index in [1.54, 1.807) is 0 Å². The number of halogens is 1. The Morgan fingerprint density at radius 1 is 1.00 bits per heavy atom. The van der Waals surface area contributed by atoms with E-state index in [4.69, 9.17) is 16.3 Å². The van der Waals surface area contributed by atoms with Crippen molar-refractivity contribution in [3.05, 3.63) is 106 Å². The molecule has 5 nitrogen and oxygen atoms in total. The van der Waals surface area contributed by atoms with Crippen LogP contribution < -0.4 is 4.74 Å². The molecule has 4 aromatic rings. The second-order valence-corrected chi connectivity index (χ2v) is 8.13. The minimum Gasteiger partial charge on any atom is -0.494 e. The number of fused-ring (bicyclic) bond motifs is 1. The second kappa shape index (κ2) is 8.52. The smallest absolute Gasteiger partial charge is 0.273 e. The van der Waals surface area contributed by atoms with Crippen LogP contribution in [0.15, 0.2) is 78.9 Å². The molecule has 5 rings (SSSR count). The monoisotopic (exact) mass is 443 g/mol. The van der Waals surface area contributed by atoms with Crippen molar-refractivity contribution >= 4 is 17.5 Å². The number of aromatic nitrogens is 2. The summed E-state index contributed by atoms with van der Waals surface area (Å²) in [5, 5.41) is 8.17. The van der Waals surface area contributed by atoms with E-state index in [-0.39, 0.29) is 11.9 Å². The molecule has 0 saturated carbocycles. The van der Waals surface area contributed by atoms with Crippen molar-refractivity contribution in [1.82, 2.24) is 15.1 Å². The summed E-state index contributed by atoms with van der Waals surface area (Å²) in [7, 11) is 0. The third kappa shape index (κ3) is 3.65. The van der Waals surface area contributed by atoms with Crippen molar-refractivity contribution in [2.75, 3.05) is 6.61 Å². The van der Waals surface area contributed by atoms with Gasteiger partial charge in [-0.05, 0) is 42.3 Å². The molecule has 3 aromatic carbocycles. The van der Waals surface area contributed by atoms with Crippen molar-refractivity contribution in [1.29, 1.82) is 0 Å². The summed E-state index contributed by atoms with van der Waals surface area (Å²) >= 11 is 6.09. The van der Waals surface area contributed by atoms with E-state index in [0.29, 0.717) is 23.9 Å². The Balaban J connectivity index is 1.61. The van der Waals surface area contributed by atoms with Gasteiger partial charge in [0.25, 0.3) is 5.91 Å². The van der Waals surface area contributed by atoms with E-state index in [0.717, 1.165) is 33.7 Å². The number of carbonyl (C=O) groups excluding carboxylic acids is 1. The summed E-state index contributed by atoms with van der Waals surface area (Å²) < 4.78 is 5.61. The zero-order valence-electron chi connectivity index (χ0n) is 17.6. The van der Waals surface area contributed by atoms with E-state index in [2.05, 4.69) is 10.2 Å². The molecular weight excluding hydrogens is 422 g/mol. The van der Waals surface area contributed by atoms with Gasteiger partial charge in [0.2, 0.25) is 0 Å². The molecule has 1 amide bonds. The average molecular weight is 444 g/mol. The summed E-state index contributed by atoms with van der Waals surface area (Å²) in [6.45, 7) is 3.06. The first-order valence-corrected chi connectivity index (χ1v) is 11.0. The molecule has 0 saturated heterocycles. The lowest BCUT2D eigenvalue weighted by atomic mass is 9.96. The first kappa shape index (κ1) is 20.3. The van der Waals surface area contributed by atoms with Crippen LogP contribution in [0.3, 0.4) is 0 Å². The number of nitrogens with zero attached hydrogens (tertiary/aromatic N) is 2. The van der Waals surface area contributed by atoms with Gasteiger partial charge in [0.15, 0.2) is 0 Å². The highest BCUT2D eigenvalue weighted by Crippen LogP contribution is 2.43. The minimum atomic E-state index is -0.266. The van der Waals surface area contributed by atoms with Gasteiger partial charge in [0.1, 0.15) is 11.4 Å². The maximum Gasteiger partial charge on any atom is 0.273 e. The van der Waals surface area contributed by atoms with Gasteiger partial charge in [-0.15, -0.1) is 0 Å². The molecular formula is C26H22ClN3O2. The lowest BCUT2D eigenvalue weighted by Gasteiger charge is -2.26. The Bertz CT molecular complexity index is 1230. The van der Waals surface area contributed by atoms with E-state index < -0.39 is 0 Å². The van der Waals surface area contributed by atoms with Crippen LogP contribution >= 0.6 is 11.6 Å². The Hall–Kier alpha value is -3.57. The highest BCUT2D eigenvalue weighted by atomic mass is 35.5. The number of rotatable bonds is 6. The maximum atomic E-state index is 13.5. The van der Waals surface area contributed by atoms with Crippen LogP contribution in [0.1, 0.15) is 40.1 Å². The fourth-order valence-corrected chi connectivity index (χ4v) is 4.35. The Labute approximate surface area is 191 Å². The standard InChI is InChI=1S/C26H22ClN3O2/c1-2-32-21-14-10-19(11-15-21)25-22-23(18-8-12-20(27)13-9-18)28-29-24(22)26(31)30(25)16-17-6-4-3-5-7-17/h3-15,25H,2,16H2,1H3,(H,28,29). The SMILES string of the molecule is CCOc1ccc(C2c3c(-c4ccc(Cl)cc4)n[nH]c3C(=O)N2Cc2ccccc2)cc1. The number of carbonyl (C=O) groups is 1. The number of amides is 1. The van der Waals surface area contributed by atoms with E-state index in [1.807, 2.05) is 90.7 Å². The lowest BCUT2D eigenvalue weighted by Crippen LogP contribution is -2.29. The van der Waals surface area contributed by atoms with Crippen LogP contribution in [-0.2, 0) is 6.54 Å². The summed E-state index contributed by atoms with van der Waals surface area (Å²) in [6, 6.07) is 25.2. The zero-order chi connectivity index (χ0) is 22.1. The lowest BCUT2D eigenvalue weighted by molar-refractivity contribution is 0.0730. The number of benzene rings is 3. The van der Waals surface area contributed by atoms with Crippen LogP contribution in [0.25, 0.3) is 11.3 Å². The highest BCUT2D eigenvalue weighted by molar-refractivity contribution is 6.30. The topological polar surface area (TPSA) is 58.2 Å². The van der Waals surface area contributed by atoms with Crippen LogP contribution in [0.4, 0.5) is 0 Å². The molecule has 0 bridgehead atoms. The van der Waals surface area contributed by atoms with Gasteiger partial charge in [-0.25, -0.2) is 0 Å². The quantitative estimate of drug-likeness (QED) is 0.405. The van der Waals surface area contributed by atoms with Gasteiger partial charge in [0.05, 0.1) is 18.3 Å². The number of hydrogen-bond donors (Lipinski definition) is 1. The van der Waals surface area contributed by atoms with Gasteiger partial charge in [-0.3, -0.25) is 9.89 Å². The molecule has 2 heterocycles. The third-order valence-electron chi connectivity index (χ3n) is 5.68. The van der Waals surface area contributed by atoms with Crippen LogP contribution in [0.5, 0.6) is 5.75 Å². The van der Waals surface area contributed by atoms with Gasteiger partial charge in [0, 0.05) is 22.7 Å². The average Bonchev–Trinajstić information content (AvgIpc) is 3.35. The first-order chi connectivity index (χ1) is 15.7. The molecule has 160 valence electrons. The number of ether oxygens (including phenoxy) is 1. The molecule has 0 spiro atoms. The molecule has 0 radical (unpaired) electrons. The third-order valence-corrected chi connectivity index (χ3v) is 5.94. The fraction of sp³-hybridized carbons (Fsp3) is 0.154. The fourth-order valence-electron chi connectivity index (χ4n) is 4.23. The number of aromatic amines is 1. The number of nitrogens with one attached hydrogen (secondary N) is 1. The van der Waals surface area contributed by atoms with Crippen LogP contribution in [-0.4, -0.2) is 27.6 Å². The molecule has 1 N–H and O–H groups in total. The largest absolute Gasteiger partial charge is 0.494 e. The molecule has 32 heavy (non-hydrogen) atoms. The summed E-state index contributed by atoms with van der Waals surface area (Å²) in [5.41, 5.74) is 5.18. The zero-order valence-corrected chi connectivity index (χ0v) is 18.3. The van der Waals surface area contributed by atoms with E-state index in [9.17, 15) is 4.79 Å². The van der Waals surface area contributed by atoms with Crippen molar-refractivity contribution in [2.24, 2.45) is 0 Å². The molecule has 0 aliphatic carbocycles. The molecule has 1 aliphatic heterocycles. The molecule has 1 atom stereocenters. The predicted octanol–water partition coefficient (Wildman–Crippen LogP) is 5.87. The molecule has 0 fully saturated rings. The van der Waals surface area contributed by atoms with Gasteiger partial charge >= 0.3 is 0 Å². The van der Waals surface area contributed by atoms with E-state index in [1.165, 1.54) is 0 Å². The second-order valence-electron chi connectivity index (χ2n) is 7.69. The normalized spacial score (nSPS) is 15.1. The molecule has 1 unspecified atom stereocenters. The number of hydrogen-bond acceptors (Lipinski definition) is 3. The Morgan fingerprint density at radius 3 is 2.41 bits per heavy atom. The predicted molar refractivity (Wildman–Crippen MR) is 125 cm³/mol. The summed E-state index contributed by atoms with van der Waals surface area (Å²) in [6.07, 6.45) is 0. The Kier molecular flexibility index (Phi) is 5.41. The van der Waals surface area contributed by atoms with Crippen molar-refractivity contribution in [2.45, 2.75) is 19.5 Å². The molecule has 1 aromatic heterocycles. The highest BCUT2D eigenvalue weighted by Gasteiger charge is 2.42. The van der Waals surface area contributed by atoms with Gasteiger partial charge in [-0.1, -0.05) is 66.2 Å². The van der Waals surface area contributed by atoms with Gasteiger partial charge in [-0.2, -0.15) is 5.10 Å². The molecule has 6 heteroatoms. The number of H-pyrrole nitrogens is 1. The maximum absolute atomic E-state index is 13.5. The van der Waals surface area contributed by atoms with Crippen molar-refractivity contribution in [3.63, 3.8) is 0 Å². The van der Waals surface area contributed by atoms with Crippen molar-refractivity contribution in [3.8, 4) is 17.0 Å². The molecule has 1 aliphatic rings. The first-order valence-electron chi connectivity index (χ1n) is 10.6. The minimum absolute atomic E-state index is 0.0598. The van der Waals surface area contributed by atoms with Gasteiger partial charge < -0.3 is 9.64 Å².